The third-order valence-corrected chi connectivity index (χ3v) is 8.02. The summed E-state index contributed by atoms with van der Waals surface area (Å²) in [7, 11) is 0. The summed E-state index contributed by atoms with van der Waals surface area (Å²) in [5.74, 6) is -0.247. The van der Waals surface area contributed by atoms with E-state index in [1.54, 1.807) is 11.3 Å². The third kappa shape index (κ3) is 3.57. The molecular formula is C29H25N3O2S. The number of thiophene rings is 1. The second-order valence-electron chi connectivity index (χ2n) is 8.96. The normalized spacial score (nSPS) is 19.4. The van der Waals surface area contributed by atoms with E-state index in [1.165, 1.54) is 15.3 Å². The predicted octanol–water partition coefficient (Wildman–Crippen LogP) is 5.15. The van der Waals surface area contributed by atoms with Gasteiger partial charge in [0.1, 0.15) is 0 Å². The highest BCUT2D eigenvalue weighted by molar-refractivity contribution is 7.10. The van der Waals surface area contributed by atoms with Crippen LogP contribution in [0.1, 0.15) is 33.2 Å². The monoisotopic (exact) mass is 479 g/mol. The molecule has 1 saturated heterocycles. The molecule has 3 amide bonds. The molecular weight excluding hydrogens is 454 g/mol. The largest absolute Gasteiger partial charge is 0.326 e. The van der Waals surface area contributed by atoms with Crippen LogP contribution in [0.15, 0.2) is 102 Å². The van der Waals surface area contributed by atoms with Crippen molar-refractivity contribution in [2.75, 3.05) is 13.2 Å². The summed E-state index contributed by atoms with van der Waals surface area (Å²) in [6.45, 7) is 0.995. The Bertz CT molecular complexity index is 1310. The zero-order valence-corrected chi connectivity index (χ0v) is 19.9. The Hall–Kier alpha value is -3.74. The van der Waals surface area contributed by atoms with Gasteiger partial charge in [-0.05, 0) is 40.1 Å². The van der Waals surface area contributed by atoms with Crippen molar-refractivity contribution in [3.05, 3.63) is 130 Å². The summed E-state index contributed by atoms with van der Waals surface area (Å²) >= 11 is 1.78. The van der Waals surface area contributed by atoms with Crippen molar-refractivity contribution in [2.24, 2.45) is 0 Å². The average Bonchev–Trinajstić information content (AvgIpc) is 3.49. The number of urea groups is 1. The van der Waals surface area contributed by atoms with Crippen molar-refractivity contribution in [3.63, 3.8) is 0 Å². The van der Waals surface area contributed by atoms with E-state index >= 15 is 0 Å². The van der Waals surface area contributed by atoms with E-state index in [-0.39, 0.29) is 24.6 Å². The molecule has 0 unspecified atom stereocenters. The number of nitrogens with one attached hydrogen (secondary N) is 1. The van der Waals surface area contributed by atoms with Gasteiger partial charge in [-0.25, -0.2) is 9.69 Å². The van der Waals surface area contributed by atoms with Crippen LogP contribution in [0.4, 0.5) is 4.79 Å². The Labute approximate surface area is 208 Å². The van der Waals surface area contributed by atoms with E-state index in [9.17, 15) is 9.59 Å². The van der Waals surface area contributed by atoms with Gasteiger partial charge in [0.15, 0.2) is 5.54 Å². The fourth-order valence-electron chi connectivity index (χ4n) is 5.37. The quantitative estimate of drug-likeness (QED) is 0.403. The van der Waals surface area contributed by atoms with Gasteiger partial charge >= 0.3 is 6.03 Å². The lowest BCUT2D eigenvalue weighted by molar-refractivity contribution is -0.132. The number of fused-ring (bicyclic) bond motifs is 1. The minimum Gasteiger partial charge on any atom is -0.315 e. The number of rotatable bonds is 5. The first-order chi connectivity index (χ1) is 17.2. The minimum absolute atomic E-state index is 0.00440. The van der Waals surface area contributed by atoms with Gasteiger partial charge in [-0.1, -0.05) is 91.0 Å². The molecule has 2 aliphatic rings. The van der Waals surface area contributed by atoms with Gasteiger partial charge in [0, 0.05) is 11.4 Å². The molecule has 0 bridgehead atoms. The summed E-state index contributed by atoms with van der Waals surface area (Å²) in [6.07, 6.45) is 0.905. The molecule has 0 radical (unpaired) electrons. The first kappa shape index (κ1) is 21.8. The maximum absolute atomic E-state index is 14.2. The van der Waals surface area contributed by atoms with Crippen LogP contribution < -0.4 is 5.32 Å². The summed E-state index contributed by atoms with van der Waals surface area (Å²) in [4.78, 5) is 32.6. The van der Waals surface area contributed by atoms with Crippen molar-refractivity contribution >= 4 is 23.3 Å². The van der Waals surface area contributed by atoms with Crippen LogP contribution in [0.5, 0.6) is 0 Å². The topological polar surface area (TPSA) is 52.7 Å². The van der Waals surface area contributed by atoms with Gasteiger partial charge in [-0.15, -0.1) is 11.3 Å². The second-order valence-corrected chi connectivity index (χ2v) is 9.96. The molecule has 2 aliphatic heterocycles. The standard InChI is InChI=1S/C29H25N3O2S/c33-27-29(22-12-6-2-7-13-22,23-14-8-3-9-15-23)30-28(34)32(27)20-31-18-16-25-24(17-19-35-25)26(31)21-10-4-1-5-11-21/h1-15,17,19,26H,16,18,20H2,(H,30,34)/t26-/m0/s1. The molecule has 6 rings (SSSR count). The lowest BCUT2D eigenvalue weighted by Gasteiger charge is -2.38. The van der Waals surface area contributed by atoms with Gasteiger partial charge in [0.05, 0.1) is 12.7 Å². The van der Waals surface area contributed by atoms with E-state index in [0.717, 1.165) is 29.7 Å². The Morgan fingerprint density at radius 2 is 1.43 bits per heavy atom. The third-order valence-electron chi connectivity index (χ3n) is 7.02. The zero-order valence-electron chi connectivity index (χ0n) is 19.1. The van der Waals surface area contributed by atoms with Crippen molar-refractivity contribution < 1.29 is 9.59 Å². The summed E-state index contributed by atoms with van der Waals surface area (Å²) in [5.41, 5.74) is 2.69. The summed E-state index contributed by atoms with van der Waals surface area (Å²) in [6, 6.07) is 31.2. The van der Waals surface area contributed by atoms with Crippen LogP contribution in [-0.4, -0.2) is 35.0 Å². The molecule has 1 N–H and O–H groups in total. The molecule has 4 aromatic rings. The molecule has 0 saturated carbocycles. The number of benzene rings is 3. The summed E-state index contributed by atoms with van der Waals surface area (Å²) in [5, 5.41) is 5.20. The Morgan fingerprint density at radius 3 is 2.06 bits per heavy atom. The smallest absolute Gasteiger partial charge is 0.315 e. The molecule has 35 heavy (non-hydrogen) atoms. The highest BCUT2D eigenvalue weighted by Crippen LogP contribution is 2.40. The highest BCUT2D eigenvalue weighted by Gasteiger charge is 2.54. The maximum atomic E-state index is 14.2. The van der Waals surface area contributed by atoms with Crippen molar-refractivity contribution in [1.82, 2.24) is 15.1 Å². The SMILES string of the molecule is O=C1NC(c2ccccc2)(c2ccccc2)C(=O)N1CN1CCc2sccc2[C@@H]1c1ccccc1. The highest BCUT2D eigenvalue weighted by atomic mass is 32.1. The van der Waals surface area contributed by atoms with Gasteiger partial charge < -0.3 is 5.32 Å². The van der Waals surface area contributed by atoms with Crippen LogP contribution in [0.2, 0.25) is 0 Å². The van der Waals surface area contributed by atoms with Crippen LogP contribution >= 0.6 is 11.3 Å². The van der Waals surface area contributed by atoms with Crippen LogP contribution in [0.3, 0.4) is 0 Å². The molecule has 1 atom stereocenters. The van der Waals surface area contributed by atoms with E-state index in [0.29, 0.717) is 0 Å². The molecule has 6 heteroatoms. The van der Waals surface area contributed by atoms with Crippen LogP contribution in [-0.2, 0) is 16.8 Å². The Morgan fingerprint density at radius 1 is 0.829 bits per heavy atom. The number of hydrogen-bond donors (Lipinski definition) is 1. The second kappa shape index (κ2) is 8.80. The lowest BCUT2D eigenvalue weighted by atomic mass is 9.82. The molecule has 1 fully saturated rings. The van der Waals surface area contributed by atoms with E-state index < -0.39 is 5.54 Å². The number of imide groups is 1. The van der Waals surface area contributed by atoms with Crippen LogP contribution in [0, 0.1) is 0 Å². The molecule has 3 heterocycles. The number of hydrogen-bond acceptors (Lipinski definition) is 4. The fourth-order valence-corrected chi connectivity index (χ4v) is 6.27. The van der Waals surface area contributed by atoms with Crippen molar-refractivity contribution in [1.29, 1.82) is 0 Å². The summed E-state index contributed by atoms with van der Waals surface area (Å²) < 4.78 is 0. The number of amides is 3. The number of nitrogens with zero attached hydrogens (tertiary/aromatic N) is 2. The van der Waals surface area contributed by atoms with E-state index in [4.69, 9.17) is 0 Å². The lowest BCUT2D eigenvalue weighted by Crippen LogP contribution is -2.48. The fraction of sp³-hybridized carbons (Fsp3) is 0.172. The van der Waals surface area contributed by atoms with E-state index in [1.807, 2.05) is 78.9 Å². The maximum Gasteiger partial charge on any atom is 0.326 e. The zero-order chi connectivity index (χ0) is 23.8. The molecule has 174 valence electrons. The van der Waals surface area contributed by atoms with Gasteiger partial charge in [-0.3, -0.25) is 9.69 Å². The Kier molecular flexibility index (Phi) is 5.47. The van der Waals surface area contributed by atoms with Gasteiger partial charge in [0.25, 0.3) is 5.91 Å². The van der Waals surface area contributed by atoms with Gasteiger partial charge in [-0.2, -0.15) is 0 Å². The van der Waals surface area contributed by atoms with Crippen LogP contribution in [0.25, 0.3) is 0 Å². The molecule has 0 spiro atoms. The van der Waals surface area contributed by atoms with Crippen molar-refractivity contribution in [3.8, 4) is 0 Å². The average molecular weight is 480 g/mol. The number of carbonyl (C=O) groups excluding carboxylic acids is 2. The molecule has 5 nitrogen and oxygen atoms in total. The molecule has 0 aliphatic carbocycles. The first-order valence-corrected chi connectivity index (χ1v) is 12.7. The first-order valence-electron chi connectivity index (χ1n) is 11.8. The van der Waals surface area contributed by atoms with Gasteiger partial charge in [0.2, 0.25) is 0 Å². The number of carbonyl (C=O) groups is 2. The predicted molar refractivity (Wildman–Crippen MR) is 137 cm³/mol. The molecule has 3 aromatic carbocycles. The minimum atomic E-state index is -1.24. The Balaban J connectivity index is 1.39. The molecule has 1 aromatic heterocycles. The van der Waals surface area contributed by atoms with E-state index in [2.05, 4.69) is 33.8 Å². The van der Waals surface area contributed by atoms with Crippen molar-refractivity contribution in [2.45, 2.75) is 18.0 Å².